The monoisotopic (exact) mass is 177 g/mol. The summed E-state index contributed by atoms with van der Waals surface area (Å²) in [5, 5.41) is 3.47. The van der Waals surface area contributed by atoms with Gasteiger partial charge in [-0.25, -0.2) is 0 Å². The first-order valence-electron chi connectivity index (χ1n) is 5.54. The molecular weight excluding hydrogens is 158 g/mol. The number of fused-ring (bicyclic) bond motifs is 1. The van der Waals surface area contributed by atoms with E-state index in [1.54, 1.807) is 0 Å². The van der Waals surface area contributed by atoms with Gasteiger partial charge in [0.2, 0.25) is 0 Å². The van der Waals surface area contributed by atoms with Crippen molar-refractivity contribution in [2.75, 3.05) is 6.54 Å². The van der Waals surface area contributed by atoms with Crippen LogP contribution in [0.4, 0.5) is 0 Å². The molecule has 2 aliphatic carbocycles. The zero-order valence-electron chi connectivity index (χ0n) is 8.42. The third-order valence-corrected chi connectivity index (χ3v) is 3.55. The number of rotatable bonds is 4. The van der Waals surface area contributed by atoms with Crippen LogP contribution in [0.5, 0.6) is 0 Å². The zero-order valence-corrected chi connectivity index (χ0v) is 8.42. The van der Waals surface area contributed by atoms with Crippen molar-refractivity contribution in [3.63, 3.8) is 0 Å². The Balaban J connectivity index is 1.80. The fourth-order valence-electron chi connectivity index (χ4n) is 2.70. The van der Waals surface area contributed by atoms with Crippen molar-refractivity contribution in [1.29, 1.82) is 0 Å². The van der Waals surface area contributed by atoms with Crippen molar-refractivity contribution in [2.24, 2.45) is 17.8 Å². The van der Waals surface area contributed by atoms with E-state index in [9.17, 15) is 0 Å². The van der Waals surface area contributed by atoms with Gasteiger partial charge in [-0.05, 0) is 50.0 Å². The Morgan fingerprint density at radius 1 is 1.38 bits per heavy atom. The minimum absolute atomic E-state index is 0.354. The van der Waals surface area contributed by atoms with Gasteiger partial charge in [0.05, 0.1) is 6.04 Å². The number of hydrogen-bond acceptors (Lipinski definition) is 1. The first kappa shape index (κ1) is 9.09. The highest BCUT2D eigenvalue weighted by atomic mass is 14.9. The smallest absolute Gasteiger partial charge is 0.0715 e. The minimum atomic E-state index is 0.354. The van der Waals surface area contributed by atoms with E-state index in [0.717, 1.165) is 24.3 Å². The number of terminal acetylenes is 1. The van der Waals surface area contributed by atoms with Crippen LogP contribution >= 0.6 is 0 Å². The summed E-state index contributed by atoms with van der Waals surface area (Å²) in [5.74, 6) is 5.78. The average Bonchev–Trinajstić information content (AvgIpc) is 2.75. The quantitative estimate of drug-likeness (QED) is 0.648. The van der Waals surface area contributed by atoms with Gasteiger partial charge in [-0.2, -0.15) is 0 Å². The van der Waals surface area contributed by atoms with Crippen molar-refractivity contribution in [1.82, 2.24) is 5.32 Å². The highest BCUT2D eigenvalue weighted by molar-refractivity contribution is 5.08. The standard InChI is InChI=1S/C12H19N/c1-3-5-13-12(4-2)11-7-9-6-10(9)8-11/h2,9-13H,3,5-8H2,1H3. The maximum atomic E-state index is 5.54. The normalized spacial score (nSPS) is 38.0. The van der Waals surface area contributed by atoms with E-state index in [0.29, 0.717) is 6.04 Å². The predicted octanol–water partition coefficient (Wildman–Crippen LogP) is 2.03. The van der Waals surface area contributed by atoms with Crippen molar-refractivity contribution >= 4 is 0 Å². The summed E-state index contributed by atoms with van der Waals surface area (Å²) in [4.78, 5) is 0. The van der Waals surface area contributed by atoms with Gasteiger partial charge >= 0.3 is 0 Å². The van der Waals surface area contributed by atoms with E-state index in [-0.39, 0.29) is 0 Å². The molecule has 0 heterocycles. The second-order valence-electron chi connectivity index (χ2n) is 4.59. The molecule has 2 rings (SSSR count). The molecule has 13 heavy (non-hydrogen) atoms. The molecule has 0 radical (unpaired) electrons. The molecule has 3 unspecified atom stereocenters. The van der Waals surface area contributed by atoms with E-state index in [1.165, 1.54) is 25.7 Å². The van der Waals surface area contributed by atoms with Gasteiger partial charge in [0.25, 0.3) is 0 Å². The Kier molecular flexibility index (Phi) is 2.60. The van der Waals surface area contributed by atoms with Gasteiger partial charge in [-0.1, -0.05) is 12.8 Å². The molecule has 2 fully saturated rings. The molecule has 0 bridgehead atoms. The Labute approximate surface area is 81.3 Å². The first-order valence-corrected chi connectivity index (χ1v) is 5.54. The molecule has 2 aliphatic rings. The Morgan fingerprint density at radius 3 is 2.62 bits per heavy atom. The van der Waals surface area contributed by atoms with E-state index < -0.39 is 0 Å². The van der Waals surface area contributed by atoms with Crippen LogP contribution in [0, 0.1) is 30.1 Å². The van der Waals surface area contributed by atoms with Gasteiger partial charge in [0, 0.05) is 0 Å². The third kappa shape index (κ3) is 1.89. The second-order valence-corrected chi connectivity index (χ2v) is 4.59. The van der Waals surface area contributed by atoms with E-state index in [4.69, 9.17) is 6.42 Å². The average molecular weight is 177 g/mol. The van der Waals surface area contributed by atoms with E-state index in [2.05, 4.69) is 18.2 Å². The number of hydrogen-bond donors (Lipinski definition) is 1. The molecule has 1 heteroatoms. The Morgan fingerprint density at radius 2 is 2.08 bits per heavy atom. The van der Waals surface area contributed by atoms with Crippen LogP contribution < -0.4 is 5.32 Å². The Hall–Kier alpha value is -0.480. The topological polar surface area (TPSA) is 12.0 Å². The fraction of sp³-hybridized carbons (Fsp3) is 0.833. The molecule has 0 amide bonds. The van der Waals surface area contributed by atoms with Crippen LogP contribution in [0.25, 0.3) is 0 Å². The van der Waals surface area contributed by atoms with Crippen molar-refractivity contribution in [3.8, 4) is 12.3 Å². The van der Waals surface area contributed by atoms with Crippen LogP contribution in [0.2, 0.25) is 0 Å². The van der Waals surface area contributed by atoms with Gasteiger partial charge in [0.1, 0.15) is 0 Å². The first-order chi connectivity index (χ1) is 6.35. The van der Waals surface area contributed by atoms with Crippen LogP contribution in [0.3, 0.4) is 0 Å². The van der Waals surface area contributed by atoms with Crippen LogP contribution in [0.1, 0.15) is 32.6 Å². The molecule has 0 aliphatic heterocycles. The van der Waals surface area contributed by atoms with Crippen LogP contribution in [0.15, 0.2) is 0 Å². The molecular formula is C12H19N. The fourth-order valence-corrected chi connectivity index (χ4v) is 2.70. The molecule has 0 aromatic heterocycles. The SMILES string of the molecule is C#CC(NCCC)C1CC2CC2C1. The van der Waals surface area contributed by atoms with Crippen molar-refractivity contribution < 1.29 is 0 Å². The maximum Gasteiger partial charge on any atom is 0.0715 e. The summed E-state index contributed by atoms with van der Waals surface area (Å²) in [7, 11) is 0. The van der Waals surface area contributed by atoms with Crippen LogP contribution in [-0.4, -0.2) is 12.6 Å². The van der Waals surface area contributed by atoms with Crippen LogP contribution in [-0.2, 0) is 0 Å². The molecule has 1 N–H and O–H groups in total. The Bertz CT molecular complexity index is 206. The van der Waals surface area contributed by atoms with Gasteiger partial charge in [-0.15, -0.1) is 6.42 Å². The summed E-state index contributed by atoms with van der Waals surface area (Å²) in [6.45, 7) is 3.26. The summed E-state index contributed by atoms with van der Waals surface area (Å²) in [6, 6.07) is 0.354. The molecule has 72 valence electrons. The molecule has 1 nitrogen and oxygen atoms in total. The molecule has 0 aromatic rings. The lowest BCUT2D eigenvalue weighted by Crippen LogP contribution is -2.34. The minimum Gasteiger partial charge on any atom is -0.303 e. The van der Waals surface area contributed by atoms with E-state index in [1.807, 2.05) is 0 Å². The lowest BCUT2D eigenvalue weighted by Gasteiger charge is -2.20. The molecule has 0 spiro atoms. The predicted molar refractivity (Wildman–Crippen MR) is 55.2 cm³/mol. The highest BCUT2D eigenvalue weighted by Gasteiger charge is 2.47. The zero-order chi connectivity index (χ0) is 9.26. The van der Waals surface area contributed by atoms with E-state index >= 15 is 0 Å². The highest BCUT2D eigenvalue weighted by Crippen LogP contribution is 2.55. The maximum absolute atomic E-state index is 5.54. The van der Waals surface area contributed by atoms with Crippen molar-refractivity contribution in [3.05, 3.63) is 0 Å². The van der Waals surface area contributed by atoms with Gasteiger partial charge < -0.3 is 5.32 Å². The molecule has 0 saturated heterocycles. The molecule has 0 aromatic carbocycles. The third-order valence-electron chi connectivity index (χ3n) is 3.55. The second kappa shape index (κ2) is 3.72. The lowest BCUT2D eigenvalue weighted by atomic mass is 9.95. The summed E-state index contributed by atoms with van der Waals surface area (Å²) < 4.78 is 0. The molecule has 3 atom stereocenters. The largest absolute Gasteiger partial charge is 0.303 e. The van der Waals surface area contributed by atoms with Gasteiger partial charge in [0.15, 0.2) is 0 Å². The summed E-state index contributed by atoms with van der Waals surface area (Å²) in [6.07, 6.45) is 11.0. The number of nitrogens with one attached hydrogen (secondary N) is 1. The summed E-state index contributed by atoms with van der Waals surface area (Å²) in [5.41, 5.74) is 0. The lowest BCUT2D eigenvalue weighted by molar-refractivity contribution is 0.392. The van der Waals surface area contributed by atoms with Crippen molar-refractivity contribution in [2.45, 2.75) is 38.6 Å². The molecule has 2 saturated carbocycles. The summed E-state index contributed by atoms with van der Waals surface area (Å²) >= 11 is 0. The van der Waals surface area contributed by atoms with Gasteiger partial charge in [-0.3, -0.25) is 0 Å².